The summed E-state index contributed by atoms with van der Waals surface area (Å²) >= 11 is 0. The van der Waals surface area contributed by atoms with E-state index in [4.69, 9.17) is 0 Å². The lowest BCUT2D eigenvalue weighted by Crippen LogP contribution is -2.05. The fraction of sp³-hybridized carbons (Fsp3) is 0.200. The third-order valence-electron chi connectivity index (χ3n) is 4.68. The summed E-state index contributed by atoms with van der Waals surface area (Å²) < 4.78 is 2.23. The molecular formula is C20H20N6. The van der Waals surface area contributed by atoms with Gasteiger partial charge in [-0.1, -0.05) is 6.07 Å². The van der Waals surface area contributed by atoms with E-state index in [2.05, 4.69) is 43.7 Å². The molecule has 6 nitrogen and oxygen atoms in total. The van der Waals surface area contributed by atoms with Gasteiger partial charge in [-0.05, 0) is 48.7 Å². The zero-order valence-electron chi connectivity index (χ0n) is 14.8. The van der Waals surface area contributed by atoms with Crippen LogP contribution in [0.2, 0.25) is 0 Å². The van der Waals surface area contributed by atoms with Gasteiger partial charge in [0.15, 0.2) is 0 Å². The van der Waals surface area contributed by atoms with Crippen LogP contribution < -0.4 is 5.32 Å². The molecule has 4 aromatic heterocycles. The number of aromatic nitrogens is 5. The molecule has 0 aliphatic heterocycles. The Labute approximate surface area is 152 Å². The highest BCUT2D eigenvalue weighted by Gasteiger charge is 2.16. The molecule has 0 radical (unpaired) electrons. The Morgan fingerprint density at radius 2 is 1.81 bits per heavy atom. The minimum Gasteiger partial charge on any atom is -0.365 e. The van der Waals surface area contributed by atoms with Crippen molar-refractivity contribution < 1.29 is 0 Å². The van der Waals surface area contributed by atoms with Crippen LogP contribution in [0.3, 0.4) is 0 Å². The minimum atomic E-state index is 0.675. The molecule has 0 aliphatic rings. The maximum atomic E-state index is 4.56. The Morgan fingerprint density at radius 1 is 0.962 bits per heavy atom. The van der Waals surface area contributed by atoms with Crippen molar-refractivity contribution in [2.75, 3.05) is 5.32 Å². The number of hydrogen-bond donors (Lipinski definition) is 1. The highest BCUT2D eigenvalue weighted by atomic mass is 15.1. The lowest BCUT2D eigenvalue weighted by atomic mass is 10.2. The Balaban J connectivity index is 1.71. The molecule has 4 heterocycles. The topological polar surface area (TPSA) is 68.5 Å². The van der Waals surface area contributed by atoms with Crippen LogP contribution in [-0.4, -0.2) is 24.5 Å². The summed E-state index contributed by atoms with van der Waals surface area (Å²) in [4.78, 5) is 17.3. The quantitative estimate of drug-likeness (QED) is 0.600. The molecular weight excluding hydrogens is 324 g/mol. The average molecular weight is 344 g/mol. The third-order valence-corrected chi connectivity index (χ3v) is 4.68. The van der Waals surface area contributed by atoms with E-state index >= 15 is 0 Å². The predicted octanol–water partition coefficient (Wildman–Crippen LogP) is 3.50. The summed E-state index contributed by atoms with van der Waals surface area (Å²) in [5.74, 6) is 0.855. The maximum absolute atomic E-state index is 4.56. The first-order valence-corrected chi connectivity index (χ1v) is 8.56. The van der Waals surface area contributed by atoms with Crippen LogP contribution >= 0.6 is 0 Å². The fourth-order valence-corrected chi connectivity index (χ4v) is 3.16. The molecule has 26 heavy (non-hydrogen) atoms. The molecule has 0 aromatic carbocycles. The van der Waals surface area contributed by atoms with Crippen molar-refractivity contribution in [3.8, 4) is 0 Å². The van der Waals surface area contributed by atoms with E-state index in [0.29, 0.717) is 6.54 Å². The maximum Gasteiger partial charge on any atom is 0.146 e. The van der Waals surface area contributed by atoms with Crippen LogP contribution in [0.25, 0.3) is 11.0 Å². The van der Waals surface area contributed by atoms with Gasteiger partial charge >= 0.3 is 0 Å². The van der Waals surface area contributed by atoms with Crippen LogP contribution in [0.4, 0.5) is 5.82 Å². The second-order valence-electron chi connectivity index (χ2n) is 6.29. The second kappa shape index (κ2) is 6.92. The summed E-state index contributed by atoms with van der Waals surface area (Å²) in [7, 11) is 0. The van der Waals surface area contributed by atoms with Crippen molar-refractivity contribution in [1.29, 1.82) is 0 Å². The molecule has 0 saturated carbocycles. The van der Waals surface area contributed by atoms with E-state index in [1.165, 1.54) is 16.8 Å². The first kappa shape index (κ1) is 16.2. The van der Waals surface area contributed by atoms with Gasteiger partial charge in [0.05, 0.1) is 5.39 Å². The van der Waals surface area contributed by atoms with Crippen LogP contribution in [0.1, 0.15) is 22.4 Å². The lowest BCUT2D eigenvalue weighted by Gasteiger charge is -2.09. The largest absolute Gasteiger partial charge is 0.365 e. The molecule has 4 rings (SSSR count). The highest BCUT2D eigenvalue weighted by Crippen LogP contribution is 2.29. The molecule has 1 N–H and O–H groups in total. The van der Waals surface area contributed by atoms with Gasteiger partial charge in [-0.25, -0.2) is 9.97 Å². The number of pyridine rings is 2. The average Bonchev–Trinajstić information content (AvgIpc) is 2.93. The van der Waals surface area contributed by atoms with Crippen LogP contribution in [0.5, 0.6) is 0 Å². The smallest absolute Gasteiger partial charge is 0.146 e. The number of hydrogen-bond acceptors (Lipinski definition) is 5. The zero-order chi connectivity index (χ0) is 17.9. The van der Waals surface area contributed by atoms with Gasteiger partial charge in [0, 0.05) is 43.6 Å². The van der Waals surface area contributed by atoms with Gasteiger partial charge in [0.25, 0.3) is 0 Å². The Morgan fingerprint density at radius 3 is 2.58 bits per heavy atom. The van der Waals surface area contributed by atoms with Crippen LogP contribution in [0.15, 0.2) is 55.4 Å². The number of anilines is 1. The molecule has 0 aliphatic carbocycles. The second-order valence-corrected chi connectivity index (χ2v) is 6.29. The first-order chi connectivity index (χ1) is 12.7. The summed E-state index contributed by atoms with van der Waals surface area (Å²) in [5.41, 5.74) is 5.65. The Bertz CT molecular complexity index is 1020. The molecule has 0 spiro atoms. The van der Waals surface area contributed by atoms with Gasteiger partial charge in [-0.15, -0.1) is 0 Å². The summed E-state index contributed by atoms with van der Waals surface area (Å²) in [6, 6.07) is 8.05. The van der Waals surface area contributed by atoms with Crippen molar-refractivity contribution in [1.82, 2.24) is 24.5 Å². The standard InChI is InChI=1S/C20H20N6/c1-14-15(2)26(12-16-5-8-21-9-6-16)20-18(14)19(24-13-25-20)23-11-17-4-3-7-22-10-17/h3-10,13H,11-12H2,1-2H3,(H,23,24,25). The molecule has 0 bridgehead atoms. The van der Waals surface area contributed by atoms with E-state index in [9.17, 15) is 0 Å². The first-order valence-electron chi connectivity index (χ1n) is 8.56. The normalized spacial score (nSPS) is 11.0. The van der Waals surface area contributed by atoms with Crippen molar-refractivity contribution >= 4 is 16.9 Å². The zero-order valence-corrected chi connectivity index (χ0v) is 14.8. The molecule has 0 amide bonds. The molecule has 130 valence electrons. The van der Waals surface area contributed by atoms with Crippen molar-refractivity contribution in [2.24, 2.45) is 0 Å². The van der Waals surface area contributed by atoms with Gasteiger partial charge in [0.1, 0.15) is 17.8 Å². The number of nitrogens with one attached hydrogen (secondary N) is 1. The van der Waals surface area contributed by atoms with Crippen molar-refractivity contribution in [3.05, 3.63) is 77.8 Å². The summed E-state index contributed by atoms with van der Waals surface area (Å²) in [5, 5.41) is 4.51. The molecule has 0 atom stereocenters. The van der Waals surface area contributed by atoms with Crippen LogP contribution in [0, 0.1) is 13.8 Å². The van der Waals surface area contributed by atoms with E-state index in [-0.39, 0.29) is 0 Å². The predicted molar refractivity (Wildman–Crippen MR) is 102 cm³/mol. The number of nitrogens with zero attached hydrogens (tertiary/aromatic N) is 5. The minimum absolute atomic E-state index is 0.675. The molecule has 0 fully saturated rings. The lowest BCUT2D eigenvalue weighted by molar-refractivity contribution is 0.788. The highest BCUT2D eigenvalue weighted by molar-refractivity contribution is 5.91. The third kappa shape index (κ3) is 3.01. The Kier molecular flexibility index (Phi) is 4.31. The number of fused-ring (bicyclic) bond motifs is 1. The monoisotopic (exact) mass is 344 g/mol. The van der Waals surface area contributed by atoms with E-state index in [1.807, 2.05) is 42.9 Å². The summed E-state index contributed by atoms with van der Waals surface area (Å²) in [6.07, 6.45) is 8.89. The summed E-state index contributed by atoms with van der Waals surface area (Å²) in [6.45, 7) is 5.69. The fourth-order valence-electron chi connectivity index (χ4n) is 3.16. The molecule has 0 unspecified atom stereocenters. The van der Waals surface area contributed by atoms with Crippen molar-refractivity contribution in [2.45, 2.75) is 26.9 Å². The van der Waals surface area contributed by atoms with E-state index < -0.39 is 0 Å². The van der Waals surface area contributed by atoms with Crippen molar-refractivity contribution in [3.63, 3.8) is 0 Å². The van der Waals surface area contributed by atoms with E-state index in [0.717, 1.165) is 29.0 Å². The van der Waals surface area contributed by atoms with Gasteiger partial charge in [-0.3, -0.25) is 9.97 Å². The molecule has 6 heteroatoms. The Hall–Kier alpha value is -3.28. The SMILES string of the molecule is Cc1c(C)n(Cc2ccncc2)c2ncnc(NCc3cccnc3)c12. The number of aryl methyl sites for hydroxylation is 1. The van der Waals surface area contributed by atoms with Gasteiger partial charge in [0.2, 0.25) is 0 Å². The molecule has 4 aromatic rings. The van der Waals surface area contributed by atoms with Crippen LogP contribution in [-0.2, 0) is 13.1 Å². The van der Waals surface area contributed by atoms with E-state index in [1.54, 1.807) is 12.5 Å². The molecule has 0 saturated heterocycles. The van der Waals surface area contributed by atoms with Gasteiger partial charge in [-0.2, -0.15) is 0 Å². The van der Waals surface area contributed by atoms with Gasteiger partial charge < -0.3 is 9.88 Å². The number of rotatable bonds is 5.